The van der Waals surface area contributed by atoms with Crippen LogP contribution in [-0.2, 0) is 129 Å². The quantitative estimate of drug-likeness (QED) is 0.0523. The minimum atomic E-state index is -2.23. The number of carbonyl (C=O) groups is 12. The summed E-state index contributed by atoms with van der Waals surface area (Å²) in [5.74, 6) is -12.3. The molecular formula is C56H87NO27. The zero-order valence-electron chi connectivity index (χ0n) is 50.3. The van der Waals surface area contributed by atoms with Gasteiger partial charge >= 0.3 is 65.7 Å². The normalized spacial score (nSPS) is 23.3. The van der Waals surface area contributed by atoms with Crippen LogP contribution in [-0.4, -0.2) is 184 Å². The van der Waals surface area contributed by atoms with Gasteiger partial charge < -0.3 is 76.4 Å². The monoisotopic (exact) mass is 1210 g/mol. The molecule has 2 saturated heterocycles. The molecule has 0 bridgehead atoms. The third-order valence-corrected chi connectivity index (χ3v) is 12.6. The highest BCUT2D eigenvalue weighted by Crippen LogP contribution is 2.37. The molecule has 84 heavy (non-hydrogen) atoms. The number of ether oxygens (including phenoxy) is 15. The molecule has 28 heteroatoms. The maximum Gasteiger partial charge on any atom is 0.303 e. The van der Waals surface area contributed by atoms with Crippen molar-refractivity contribution in [3.63, 3.8) is 0 Å². The molecule has 0 aromatic heterocycles. The van der Waals surface area contributed by atoms with E-state index in [-0.39, 0.29) is 6.54 Å². The number of nitrogens with one attached hydrogen (secondary N) is 1. The lowest BCUT2D eigenvalue weighted by Crippen LogP contribution is -2.68. The Balaban J connectivity index is 2.82. The molecule has 1 N–H and O–H groups in total. The average molecular weight is 1210 g/mol. The van der Waals surface area contributed by atoms with Crippen LogP contribution in [0.3, 0.4) is 0 Å². The molecule has 0 aromatic carbocycles. The molecular weight excluding hydrogens is 1120 g/mol. The molecule has 0 aliphatic carbocycles. The van der Waals surface area contributed by atoms with E-state index in [0.29, 0.717) is 12.8 Å². The van der Waals surface area contributed by atoms with Crippen LogP contribution in [0.25, 0.3) is 0 Å². The summed E-state index contributed by atoms with van der Waals surface area (Å²) in [5.41, 5.74) is 0. The lowest BCUT2D eigenvalue weighted by atomic mass is 9.95. The van der Waals surface area contributed by atoms with Crippen molar-refractivity contribution in [3.8, 4) is 0 Å². The Morgan fingerprint density at radius 2 is 0.762 bits per heavy atom. The molecule has 0 saturated carbocycles. The van der Waals surface area contributed by atoms with Crippen LogP contribution in [0.5, 0.6) is 0 Å². The van der Waals surface area contributed by atoms with Gasteiger partial charge in [-0.25, -0.2) is 0 Å². The van der Waals surface area contributed by atoms with Crippen molar-refractivity contribution in [1.29, 1.82) is 0 Å². The standard InChI is InChI=1S/C56H87NO27/c1-13-14-15-16-17-18-19-20-21-22-23-24-25-26-27-57-54(69)51(78-39(10)66)48(75-36(7)63)46(42(73-34(5)61)28-70-31(2)58)83-56-53(80-41(12)68)50(77-38(9)65)47(44(82-56)30-72-33(4)60)84-55-52(79-40(11)67)49(76-37(8)64)45(74-35(6)62)43(81-55)29-71-32(3)59/h42-53,55-56H,13-30H2,1-12H3,(H,57,69)/t42-,43-,44-,45-,46-,47-,48+,49+,50+,51-,52-,53-,55-,56-/m1/s1. The van der Waals surface area contributed by atoms with Gasteiger partial charge in [0.05, 0.1) is 0 Å². The number of hydrogen-bond donors (Lipinski definition) is 1. The third kappa shape index (κ3) is 28.4. The first-order chi connectivity index (χ1) is 39.6. The Labute approximate surface area is 489 Å². The van der Waals surface area contributed by atoms with E-state index in [4.69, 9.17) is 71.1 Å². The molecule has 0 spiro atoms. The van der Waals surface area contributed by atoms with E-state index < -0.39 is 177 Å². The summed E-state index contributed by atoms with van der Waals surface area (Å²) in [5, 5.41) is 2.67. The van der Waals surface area contributed by atoms with Gasteiger partial charge in [0.2, 0.25) is 6.10 Å². The Kier molecular flexibility index (Phi) is 34.3. The van der Waals surface area contributed by atoms with Gasteiger partial charge in [-0.1, -0.05) is 90.4 Å². The summed E-state index contributed by atoms with van der Waals surface area (Å²) in [6.07, 6.45) is -12.7. The highest BCUT2D eigenvalue weighted by Gasteiger charge is 2.59. The Morgan fingerprint density at radius 1 is 0.381 bits per heavy atom. The van der Waals surface area contributed by atoms with Gasteiger partial charge in [-0.05, 0) is 6.42 Å². The average Bonchev–Trinajstić information content (AvgIpc) is 1.34. The van der Waals surface area contributed by atoms with Crippen LogP contribution in [0.2, 0.25) is 0 Å². The highest BCUT2D eigenvalue weighted by molar-refractivity contribution is 5.84. The first-order valence-electron chi connectivity index (χ1n) is 28.3. The van der Waals surface area contributed by atoms with E-state index in [1.165, 1.54) is 44.9 Å². The second-order valence-electron chi connectivity index (χ2n) is 20.2. The van der Waals surface area contributed by atoms with Gasteiger partial charge in [0, 0.05) is 82.7 Å². The first-order valence-corrected chi connectivity index (χ1v) is 28.3. The molecule has 2 aliphatic rings. The van der Waals surface area contributed by atoms with Gasteiger partial charge in [0.1, 0.15) is 44.2 Å². The molecule has 0 radical (unpaired) electrons. The second kappa shape index (κ2) is 39.2. The SMILES string of the molecule is CCCCCCCCCCCCCCCCNC(=O)[C@H](OC(C)=O)[C@@H](OC(C)=O)[C@H](O[C@H]1O[C@H](COC(C)=O)[C@@H](O[C@H]2O[C@H](COC(C)=O)[C@@H](OC(C)=O)[C@H](OC(C)=O)[C@H]2OC(C)=O)[C@H](OC(C)=O)[C@H]1OC(C)=O)[C@@H](COC(C)=O)OC(C)=O. The fourth-order valence-electron chi connectivity index (χ4n) is 9.30. The van der Waals surface area contributed by atoms with E-state index in [1.54, 1.807) is 0 Å². The highest BCUT2D eigenvalue weighted by atomic mass is 16.8. The van der Waals surface area contributed by atoms with Gasteiger partial charge in [0.25, 0.3) is 5.91 Å². The van der Waals surface area contributed by atoms with Crippen molar-refractivity contribution < 1.29 is 129 Å². The number of rotatable bonds is 37. The number of esters is 11. The zero-order chi connectivity index (χ0) is 63.1. The Morgan fingerprint density at radius 3 is 1.19 bits per heavy atom. The smallest absolute Gasteiger partial charge is 0.303 e. The molecule has 0 aromatic rings. The predicted octanol–water partition coefficient (Wildman–Crippen LogP) is 3.95. The van der Waals surface area contributed by atoms with E-state index in [9.17, 15) is 57.5 Å². The molecule has 478 valence electrons. The van der Waals surface area contributed by atoms with Crippen molar-refractivity contribution in [2.75, 3.05) is 26.4 Å². The van der Waals surface area contributed by atoms with Crippen molar-refractivity contribution in [2.24, 2.45) is 0 Å². The third-order valence-electron chi connectivity index (χ3n) is 12.6. The second-order valence-corrected chi connectivity index (χ2v) is 20.2. The van der Waals surface area contributed by atoms with Crippen molar-refractivity contribution in [2.45, 2.75) is 259 Å². The number of carbonyl (C=O) groups excluding carboxylic acids is 12. The molecule has 2 heterocycles. The molecule has 28 nitrogen and oxygen atoms in total. The lowest BCUT2D eigenvalue weighted by molar-refractivity contribution is -0.369. The van der Waals surface area contributed by atoms with E-state index in [2.05, 4.69) is 12.2 Å². The molecule has 1 amide bonds. The lowest BCUT2D eigenvalue weighted by Gasteiger charge is -2.49. The Bertz CT molecular complexity index is 2170. The maximum absolute atomic E-state index is 14.3. The maximum atomic E-state index is 14.3. The van der Waals surface area contributed by atoms with Gasteiger partial charge in [-0.2, -0.15) is 0 Å². The summed E-state index contributed by atoms with van der Waals surface area (Å²) in [6, 6.07) is 0. The van der Waals surface area contributed by atoms with Crippen LogP contribution in [0, 0.1) is 0 Å². The van der Waals surface area contributed by atoms with Crippen LogP contribution >= 0.6 is 0 Å². The van der Waals surface area contributed by atoms with Crippen LogP contribution < -0.4 is 5.32 Å². The fourth-order valence-corrected chi connectivity index (χ4v) is 9.30. The summed E-state index contributed by atoms with van der Waals surface area (Å²) in [6.45, 7) is 10.2. The van der Waals surface area contributed by atoms with Gasteiger partial charge in [-0.3, -0.25) is 57.5 Å². The molecule has 2 rings (SSSR count). The summed E-state index contributed by atoms with van der Waals surface area (Å²) in [4.78, 5) is 155. The van der Waals surface area contributed by atoms with Crippen LogP contribution in [0.4, 0.5) is 0 Å². The van der Waals surface area contributed by atoms with Crippen LogP contribution in [0.1, 0.15) is 173 Å². The van der Waals surface area contributed by atoms with Gasteiger partial charge in [-0.15, -0.1) is 0 Å². The van der Waals surface area contributed by atoms with E-state index in [0.717, 1.165) is 108 Å². The zero-order valence-corrected chi connectivity index (χ0v) is 50.3. The number of unbranched alkanes of at least 4 members (excludes halogenated alkanes) is 13. The molecule has 2 fully saturated rings. The number of hydrogen-bond acceptors (Lipinski definition) is 27. The summed E-state index contributed by atoms with van der Waals surface area (Å²) in [7, 11) is 0. The summed E-state index contributed by atoms with van der Waals surface area (Å²) >= 11 is 0. The largest absolute Gasteiger partial charge is 0.463 e. The minimum Gasteiger partial charge on any atom is -0.463 e. The Hall–Kier alpha value is -6.52. The molecule has 14 atom stereocenters. The van der Waals surface area contributed by atoms with E-state index >= 15 is 0 Å². The minimum absolute atomic E-state index is 0.0386. The van der Waals surface area contributed by atoms with Gasteiger partial charge in [0.15, 0.2) is 55.3 Å². The predicted molar refractivity (Wildman–Crippen MR) is 285 cm³/mol. The number of amides is 1. The van der Waals surface area contributed by atoms with Crippen molar-refractivity contribution in [3.05, 3.63) is 0 Å². The first kappa shape index (κ1) is 73.6. The van der Waals surface area contributed by atoms with E-state index in [1.807, 2.05) is 0 Å². The van der Waals surface area contributed by atoms with Crippen LogP contribution in [0.15, 0.2) is 0 Å². The molecule has 2 aliphatic heterocycles. The topological polar surface area (TPSA) is 355 Å². The van der Waals surface area contributed by atoms with Crippen molar-refractivity contribution >= 4 is 71.6 Å². The van der Waals surface area contributed by atoms with Crippen molar-refractivity contribution in [1.82, 2.24) is 5.32 Å². The fraction of sp³-hybridized carbons (Fsp3) is 0.786. The summed E-state index contributed by atoms with van der Waals surface area (Å²) < 4.78 is 86.1. The molecule has 0 unspecified atom stereocenters.